The van der Waals surface area contributed by atoms with Crippen molar-refractivity contribution in [2.45, 2.75) is 72.4 Å². The largest absolute Gasteiger partial charge is 0.379 e. The van der Waals surface area contributed by atoms with Gasteiger partial charge in [-0.1, -0.05) is 31.1 Å². The van der Waals surface area contributed by atoms with E-state index in [0.29, 0.717) is 23.7 Å². The standard InChI is InChI=1S/C31H42N4O3.C2H7N/c1-5-35(26-11-7-6-8-12-26)29-20-25(10-9-13-34-14-16-38-17-15-34)19-27(23(29)3)31(37)32-21-28-24(4)33-22(2)18-30(28)36;1-3-2/h18-20,26H,5-8,11-17,21H2,1-4H3,(H,32,37)(H,33,36);3H,1-2H3. The van der Waals surface area contributed by atoms with Gasteiger partial charge in [-0.05, 0) is 72.3 Å². The minimum absolute atomic E-state index is 0.0614. The van der Waals surface area contributed by atoms with Crippen molar-refractivity contribution in [3.05, 3.63) is 62.1 Å². The Morgan fingerprint density at radius 1 is 1.10 bits per heavy atom. The third-order valence-electron chi connectivity index (χ3n) is 7.84. The van der Waals surface area contributed by atoms with Crippen molar-refractivity contribution >= 4 is 11.6 Å². The van der Waals surface area contributed by atoms with Crippen molar-refractivity contribution in [1.29, 1.82) is 0 Å². The van der Waals surface area contributed by atoms with Crippen LogP contribution in [-0.2, 0) is 11.3 Å². The fraction of sp³-hybridized carbons (Fsp3) is 0.576. The highest BCUT2D eigenvalue weighted by Crippen LogP contribution is 2.32. The minimum Gasteiger partial charge on any atom is -0.379 e. The van der Waals surface area contributed by atoms with Crippen LogP contribution in [0.4, 0.5) is 5.69 Å². The van der Waals surface area contributed by atoms with Crippen LogP contribution < -0.4 is 21.0 Å². The lowest BCUT2D eigenvalue weighted by Gasteiger charge is -2.37. The first kappa shape index (κ1) is 32.4. The first-order valence-corrected chi connectivity index (χ1v) is 15.0. The summed E-state index contributed by atoms with van der Waals surface area (Å²) in [7, 11) is 3.75. The predicted octanol–water partition coefficient (Wildman–Crippen LogP) is 3.91. The molecule has 2 aromatic rings. The van der Waals surface area contributed by atoms with Crippen LogP contribution in [-0.4, -0.2) is 75.3 Å². The van der Waals surface area contributed by atoms with E-state index >= 15 is 0 Å². The normalized spacial score (nSPS) is 15.8. The molecule has 1 amide bonds. The molecule has 8 nitrogen and oxygen atoms in total. The van der Waals surface area contributed by atoms with Gasteiger partial charge in [0.25, 0.3) is 5.91 Å². The molecule has 1 aliphatic heterocycles. The Morgan fingerprint density at radius 2 is 1.78 bits per heavy atom. The molecule has 0 spiro atoms. The zero-order valence-corrected chi connectivity index (χ0v) is 25.9. The second kappa shape index (κ2) is 16.4. The van der Waals surface area contributed by atoms with Crippen LogP contribution >= 0.6 is 0 Å². The Hall–Kier alpha value is -3.12. The van der Waals surface area contributed by atoms with Gasteiger partial charge >= 0.3 is 0 Å². The summed E-state index contributed by atoms with van der Waals surface area (Å²) >= 11 is 0. The number of pyridine rings is 1. The highest BCUT2D eigenvalue weighted by molar-refractivity contribution is 5.97. The van der Waals surface area contributed by atoms with Gasteiger partial charge in [-0.15, -0.1) is 0 Å². The Morgan fingerprint density at radius 3 is 2.41 bits per heavy atom. The maximum atomic E-state index is 13.5. The molecule has 3 N–H and O–H groups in total. The average Bonchev–Trinajstić information content (AvgIpc) is 2.95. The maximum Gasteiger partial charge on any atom is 0.251 e. The van der Waals surface area contributed by atoms with Gasteiger partial charge in [0, 0.05) is 72.1 Å². The van der Waals surface area contributed by atoms with Gasteiger partial charge in [0.2, 0.25) is 0 Å². The zero-order chi connectivity index (χ0) is 29.8. The molecule has 0 atom stereocenters. The first-order valence-electron chi connectivity index (χ1n) is 15.0. The van der Waals surface area contributed by atoms with Crippen molar-refractivity contribution in [3.8, 4) is 11.8 Å². The van der Waals surface area contributed by atoms with Crippen molar-refractivity contribution in [1.82, 2.24) is 20.5 Å². The smallest absolute Gasteiger partial charge is 0.251 e. The second-order valence-electron chi connectivity index (χ2n) is 11.0. The Labute approximate surface area is 246 Å². The van der Waals surface area contributed by atoms with Gasteiger partial charge in [-0.3, -0.25) is 14.5 Å². The number of nitrogens with one attached hydrogen (secondary N) is 3. The molecule has 1 aliphatic carbocycles. The summed E-state index contributed by atoms with van der Waals surface area (Å²) in [6, 6.07) is 6.12. The van der Waals surface area contributed by atoms with Gasteiger partial charge in [-0.25, -0.2) is 0 Å². The molecule has 224 valence electrons. The number of aromatic amines is 1. The number of ether oxygens (including phenoxy) is 1. The van der Waals surface area contributed by atoms with Crippen molar-refractivity contribution in [3.63, 3.8) is 0 Å². The number of nitrogens with zero attached hydrogens (tertiary/aromatic N) is 2. The number of rotatable bonds is 7. The Bertz CT molecular complexity index is 1260. The van der Waals surface area contributed by atoms with Crippen LogP contribution in [0.25, 0.3) is 0 Å². The summed E-state index contributed by atoms with van der Waals surface area (Å²) in [4.78, 5) is 34.0. The fourth-order valence-corrected chi connectivity index (χ4v) is 5.70. The number of morpholine rings is 1. The van der Waals surface area contributed by atoms with E-state index in [1.54, 1.807) is 6.07 Å². The van der Waals surface area contributed by atoms with Gasteiger partial charge < -0.3 is 25.3 Å². The van der Waals surface area contributed by atoms with Crippen molar-refractivity contribution in [2.24, 2.45) is 0 Å². The molecule has 2 aliphatic rings. The predicted molar refractivity (Wildman–Crippen MR) is 168 cm³/mol. The van der Waals surface area contributed by atoms with Crippen LogP contribution in [0.2, 0.25) is 0 Å². The third-order valence-corrected chi connectivity index (χ3v) is 7.84. The number of aromatic nitrogens is 1. The lowest BCUT2D eigenvalue weighted by Crippen LogP contribution is -2.37. The van der Waals surface area contributed by atoms with Crippen LogP contribution in [0, 0.1) is 32.6 Å². The Balaban J connectivity index is 0.00000147. The van der Waals surface area contributed by atoms with Crippen LogP contribution in [0.5, 0.6) is 0 Å². The number of hydrogen-bond acceptors (Lipinski definition) is 6. The zero-order valence-electron chi connectivity index (χ0n) is 25.9. The van der Waals surface area contributed by atoms with Gasteiger partial charge in [-0.2, -0.15) is 0 Å². The average molecular weight is 564 g/mol. The SMILES string of the molecule is CCN(c1cc(C#CCN2CCOCC2)cc(C(=O)NCc2c(C)[nH]c(C)cc2=O)c1C)C1CCCCC1.CNC. The molecule has 1 saturated heterocycles. The first-order chi connectivity index (χ1) is 19.8. The number of carbonyl (C=O) groups excluding carboxylic acids is 1. The van der Waals surface area contributed by atoms with Gasteiger partial charge in [0.1, 0.15) is 0 Å². The van der Waals surface area contributed by atoms with Crippen LogP contribution in [0.3, 0.4) is 0 Å². The number of carbonyl (C=O) groups is 1. The molecular formula is C33H49N5O3. The molecule has 0 unspecified atom stereocenters. The molecule has 1 aromatic heterocycles. The van der Waals surface area contributed by atoms with Crippen LogP contribution in [0.1, 0.15) is 77.5 Å². The summed E-state index contributed by atoms with van der Waals surface area (Å²) in [6.45, 7) is 13.0. The molecule has 1 saturated carbocycles. The number of H-pyrrole nitrogens is 1. The van der Waals surface area contributed by atoms with Crippen molar-refractivity contribution < 1.29 is 9.53 Å². The molecule has 8 heteroatoms. The van der Waals surface area contributed by atoms with E-state index in [1.807, 2.05) is 40.9 Å². The molecule has 1 aromatic carbocycles. The number of hydrogen-bond donors (Lipinski definition) is 3. The monoisotopic (exact) mass is 563 g/mol. The lowest BCUT2D eigenvalue weighted by molar-refractivity contribution is 0.0443. The van der Waals surface area contributed by atoms with E-state index in [0.717, 1.165) is 61.1 Å². The summed E-state index contributed by atoms with van der Waals surface area (Å²) in [6.07, 6.45) is 6.15. The summed E-state index contributed by atoms with van der Waals surface area (Å²) in [5.41, 5.74) is 5.64. The summed E-state index contributed by atoms with van der Waals surface area (Å²) in [5, 5.41) is 5.76. The second-order valence-corrected chi connectivity index (χ2v) is 11.0. The lowest BCUT2D eigenvalue weighted by atomic mass is 9.92. The van der Waals surface area contributed by atoms with E-state index in [2.05, 4.69) is 50.2 Å². The minimum atomic E-state index is -0.181. The molecule has 4 rings (SSSR count). The van der Waals surface area contributed by atoms with Crippen molar-refractivity contribution in [2.75, 3.05) is 58.4 Å². The highest BCUT2D eigenvalue weighted by Gasteiger charge is 2.24. The summed E-state index contributed by atoms with van der Waals surface area (Å²) in [5.74, 6) is 6.48. The van der Waals surface area contributed by atoms with Gasteiger partial charge in [0.05, 0.1) is 19.8 Å². The van der Waals surface area contributed by atoms with Gasteiger partial charge in [0.15, 0.2) is 5.43 Å². The number of benzene rings is 1. The van der Waals surface area contributed by atoms with Crippen LogP contribution in [0.15, 0.2) is 23.0 Å². The molecule has 2 fully saturated rings. The van der Waals surface area contributed by atoms with E-state index in [1.165, 1.54) is 32.1 Å². The molecule has 2 heterocycles. The molecular weight excluding hydrogens is 514 g/mol. The third kappa shape index (κ3) is 9.19. The molecule has 0 bridgehead atoms. The number of anilines is 1. The van der Waals surface area contributed by atoms with E-state index < -0.39 is 0 Å². The topological polar surface area (TPSA) is 89.7 Å². The number of amides is 1. The highest BCUT2D eigenvalue weighted by atomic mass is 16.5. The molecule has 41 heavy (non-hydrogen) atoms. The maximum absolute atomic E-state index is 13.5. The molecule has 0 radical (unpaired) electrons. The summed E-state index contributed by atoms with van der Waals surface area (Å²) < 4.78 is 5.45. The van der Waals surface area contributed by atoms with E-state index in [-0.39, 0.29) is 17.9 Å². The Kier molecular flexibility index (Phi) is 12.9. The van der Waals surface area contributed by atoms with E-state index in [4.69, 9.17) is 4.74 Å². The van der Waals surface area contributed by atoms with E-state index in [9.17, 15) is 9.59 Å². The number of aryl methyl sites for hydroxylation is 2. The fourth-order valence-electron chi connectivity index (χ4n) is 5.70. The quantitative estimate of drug-likeness (QED) is 0.443.